The fourth-order valence-corrected chi connectivity index (χ4v) is 9.18. The van der Waals surface area contributed by atoms with Gasteiger partial charge in [-0.15, -0.1) is 0 Å². The van der Waals surface area contributed by atoms with Gasteiger partial charge in [0.25, 0.3) is 0 Å². The van der Waals surface area contributed by atoms with Crippen molar-refractivity contribution in [2.24, 2.45) is 23.2 Å². The summed E-state index contributed by atoms with van der Waals surface area (Å²) >= 11 is 0. The maximum atomic E-state index is 12.2. The van der Waals surface area contributed by atoms with Crippen LogP contribution in [0, 0.1) is 23.2 Å². The SMILES string of the molecule is COC[C@H]1O[C@H](O[C@@H]2C3=C(C(C)C)CC[C@]3(C)/C=C3\[C@@H](CC[C@]3(O)COC)[C@@H](C)[C@H]2O)[C@H](O)[C@H]2O[C@H]3O[C@]21O[C@@]3(C)[C@H]1CO1. The van der Waals surface area contributed by atoms with Crippen LogP contribution < -0.4 is 0 Å². The molecule has 7 rings (SSSR count). The van der Waals surface area contributed by atoms with Crippen LogP contribution in [0.25, 0.3) is 0 Å². The van der Waals surface area contributed by atoms with Crippen LogP contribution in [0.3, 0.4) is 0 Å². The van der Waals surface area contributed by atoms with Gasteiger partial charge in [-0.1, -0.05) is 39.3 Å². The lowest BCUT2D eigenvalue weighted by atomic mass is 9.68. The highest BCUT2D eigenvalue weighted by atomic mass is 16.9. The zero-order valence-electron chi connectivity index (χ0n) is 27.0. The van der Waals surface area contributed by atoms with E-state index in [9.17, 15) is 15.3 Å². The van der Waals surface area contributed by atoms with Gasteiger partial charge in [-0.3, -0.25) is 0 Å². The molecule has 0 amide bonds. The second-order valence-electron chi connectivity index (χ2n) is 14.9. The molecule has 14 atom stereocenters. The first kappa shape index (κ1) is 31.6. The smallest absolute Gasteiger partial charge is 0.230 e. The molecule has 1 saturated carbocycles. The second-order valence-corrected chi connectivity index (χ2v) is 14.9. The zero-order valence-corrected chi connectivity index (χ0v) is 27.0. The lowest BCUT2D eigenvalue weighted by molar-refractivity contribution is -0.385. The summed E-state index contributed by atoms with van der Waals surface area (Å²) in [5.74, 6) is -1.45. The predicted octanol–water partition coefficient (Wildman–Crippen LogP) is 2.21. The van der Waals surface area contributed by atoms with Crippen molar-refractivity contribution in [3.63, 3.8) is 0 Å². The molecule has 0 aromatic heterocycles. The van der Waals surface area contributed by atoms with Crippen molar-refractivity contribution < 1.29 is 53.2 Å². The van der Waals surface area contributed by atoms with Crippen LogP contribution in [0.2, 0.25) is 0 Å². The van der Waals surface area contributed by atoms with E-state index >= 15 is 0 Å². The third-order valence-corrected chi connectivity index (χ3v) is 11.7. The fourth-order valence-electron chi connectivity index (χ4n) is 9.18. The fraction of sp³-hybridized carbons (Fsp3) is 0.879. The van der Waals surface area contributed by atoms with Gasteiger partial charge in [0, 0.05) is 19.6 Å². The highest BCUT2D eigenvalue weighted by molar-refractivity contribution is 5.42. The number of aliphatic hydroxyl groups excluding tert-OH is 2. The van der Waals surface area contributed by atoms with Gasteiger partial charge in [0.15, 0.2) is 12.6 Å². The molecule has 2 bridgehead atoms. The van der Waals surface area contributed by atoms with Crippen LogP contribution in [0.15, 0.2) is 22.8 Å². The summed E-state index contributed by atoms with van der Waals surface area (Å²) < 4.78 is 49.0. The Hall–Kier alpha value is -0.960. The van der Waals surface area contributed by atoms with Crippen molar-refractivity contribution in [3.8, 4) is 0 Å². The van der Waals surface area contributed by atoms with E-state index in [1.165, 1.54) is 5.57 Å². The van der Waals surface area contributed by atoms with Gasteiger partial charge in [0.05, 0.1) is 25.9 Å². The Morgan fingerprint density at radius 2 is 1.82 bits per heavy atom. The molecule has 0 radical (unpaired) electrons. The average molecular weight is 623 g/mol. The summed E-state index contributed by atoms with van der Waals surface area (Å²) in [7, 11) is 3.19. The Bertz CT molecular complexity index is 1200. The molecule has 0 aromatic rings. The monoisotopic (exact) mass is 622 g/mol. The predicted molar refractivity (Wildman–Crippen MR) is 155 cm³/mol. The molecule has 0 unspecified atom stereocenters. The summed E-state index contributed by atoms with van der Waals surface area (Å²) in [6, 6.07) is 0. The standard InChI is InChI=1S/C33H50O11/c1-16(2)18-8-10-30(4)12-20-19(9-11-32(20,36)15-38-7)17(3)24(34)26(23(18)30)41-28-25(35)27-33(22(40-28)13-37-6)43-29(42-27)31(5,44-33)21-14-39-21/h12,16-17,19,21-22,24-29,34-36H,8-11,13-15H2,1-7H3/b20-12+/t17-,19+,21-,22-,24-,25-,26-,27-,28-,29+,30-,31+,32+,33-/m1/s1. The third-order valence-electron chi connectivity index (χ3n) is 11.7. The van der Waals surface area contributed by atoms with Gasteiger partial charge in [0.2, 0.25) is 5.79 Å². The number of fused-ring (bicyclic) bond motifs is 3. The maximum absolute atomic E-state index is 12.2. The van der Waals surface area contributed by atoms with Crippen LogP contribution >= 0.6 is 0 Å². The number of hydrogen-bond donors (Lipinski definition) is 3. The minimum absolute atomic E-state index is 0.0440. The van der Waals surface area contributed by atoms with E-state index in [0.29, 0.717) is 13.0 Å². The van der Waals surface area contributed by atoms with Crippen LogP contribution in [0.4, 0.5) is 0 Å². The summed E-state index contributed by atoms with van der Waals surface area (Å²) in [6.07, 6.45) is -1.41. The van der Waals surface area contributed by atoms with Crippen molar-refractivity contribution in [1.82, 2.24) is 0 Å². The summed E-state index contributed by atoms with van der Waals surface area (Å²) in [5.41, 5.74) is 0.814. The minimum atomic E-state index is -1.38. The van der Waals surface area contributed by atoms with Crippen LogP contribution in [-0.2, 0) is 37.9 Å². The molecular formula is C33H50O11. The van der Waals surface area contributed by atoms with Crippen molar-refractivity contribution >= 4 is 0 Å². The first-order chi connectivity index (χ1) is 20.8. The summed E-state index contributed by atoms with van der Waals surface area (Å²) in [5, 5.41) is 35.7. The molecule has 4 aliphatic heterocycles. The quantitative estimate of drug-likeness (QED) is 0.271. The van der Waals surface area contributed by atoms with Crippen molar-refractivity contribution in [2.75, 3.05) is 34.0 Å². The second kappa shape index (κ2) is 10.8. The molecule has 3 N–H and O–H groups in total. The summed E-state index contributed by atoms with van der Waals surface area (Å²) in [4.78, 5) is 0. The average Bonchev–Trinajstić information content (AvgIpc) is 3.48. The number of ether oxygens (including phenoxy) is 8. The highest BCUT2D eigenvalue weighted by Crippen LogP contribution is 2.59. The van der Waals surface area contributed by atoms with Gasteiger partial charge in [-0.05, 0) is 61.5 Å². The number of hydrogen-bond acceptors (Lipinski definition) is 11. The number of methoxy groups -OCH3 is 2. The van der Waals surface area contributed by atoms with Crippen LogP contribution in [-0.4, -0.2) is 116 Å². The Labute approximate surface area is 259 Å². The molecule has 1 spiro atoms. The van der Waals surface area contributed by atoms with Gasteiger partial charge >= 0.3 is 0 Å². The largest absolute Gasteiger partial charge is 0.390 e. The molecule has 248 valence electrons. The number of rotatable bonds is 8. The molecular weight excluding hydrogens is 572 g/mol. The molecule has 7 aliphatic rings. The van der Waals surface area contributed by atoms with Crippen molar-refractivity contribution in [1.29, 1.82) is 0 Å². The van der Waals surface area contributed by atoms with E-state index in [2.05, 4.69) is 26.8 Å². The Balaban J connectivity index is 1.25. The van der Waals surface area contributed by atoms with E-state index in [4.69, 9.17) is 37.9 Å². The zero-order chi connectivity index (χ0) is 31.4. The van der Waals surface area contributed by atoms with E-state index in [1.807, 2.05) is 13.8 Å². The van der Waals surface area contributed by atoms with E-state index in [-0.39, 0.29) is 37.1 Å². The minimum Gasteiger partial charge on any atom is -0.390 e. The van der Waals surface area contributed by atoms with E-state index < -0.39 is 65.5 Å². The summed E-state index contributed by atoms with van der Waals surface area (Å²) in [6.45, 7) is 11.3. The van der Waals surface area contributed by atoms with Crippen molar-refractivity contribution in [3.05, 3.63) is 22.8 Å². The van der Waals surface area contributed by atoms with E-state index in [1.54, 1.807) is 14.2 Å². The molecule has 4 heterocycles. The molecule has 11 nitrogen and oxygen atoms in total. The van der Waals surface area contributed by atoms with Gasteiger partial charge in [-0.2, -0.15) is 0 Å². The van der Waals surface area contributed by atoms with E-state index in [0.717, 1.165) is 30.4 Å². The Morgan fingerprint density at radius 3 is 2.48 bits per heavy atom. The molecule has 5 fully saturated rings. The number of allylic oxidation sites excluding steroid dienone is 2. The van der Waals surface area contributed by atoms with Crippen LogP contribution in [0.1, 0.15) is 60.3 Å². The molecule has 0 aromatic carbocycles. The number of epoxide rings is 1. The Kier molecular flexibility index (Phi) is 7.75. The van der Waals surface area contributed by atoms with Gasteiger partial charge in [0.1, 0.15) is 41.7 Å². The molecule has 44 heavy (non-hydrogen) atoms. The van der Waals surface area contributed by atoms with Crippen LogP contribution in [0.5, 0.6) is 0 Å². The lowest BCUT2D eigenvalue weighted by Gasteiger charge is -2.50. The molecule has 3 aliphatic carbocycles. The third kappa shape index (κ3) is 4.49. The molecule has 11 heteroatoms. The first-order valence-corrected chi connectivity index (χ1v) is 16.3. The normalized spacial score (nSPS) is 54.1. The van der Waals surface area contributed by atoms with Gasteiger partial charge < -0.3 is 53.2 Å². The topological polar surface area (TPSA) is 138 Å². The molecule has 4 saturated heterocycles. The first-order valence-electron chi connectivity index (χ1n) is 16.3. The number of aliphatic hydroxyl groups is 3. The Morgan fingerprint density at radius 1 is 1.07 bits per heavy atom. The van der Waals surface area contributed by atoms with Gasteiger partial charge in [-0.25, -0.2) is 0 Å². The lowest BCUT2D eigenvalue weighted by Crippen LogP contribution is -2.70. The van der Waals surface area contributed by atoms with Crippen molar-refractivity contribution in [2.45, 2.75) is 126 Å². The highest BCUT2D eigenvalue weighted by Gasteiger charge is 2.77. The maximum Gasteiger partial charge on any atom is 0.230 e.